The van der Waals surface area contributed by atoms with Crippen LogP contribution in [0, 0.1) is 26.6 Å². The van der Waals surface area contributed by atoms with Gasteiger partial charge in [-0.3, -0.25) is 4.68 Å². The highest BCUT2D eigenvalue weighted by Gasteiger charge is 2.13. The van der Waals surface area contributed by atoms with E-state index in [1.807, 2.05) is 32.4 Å². The number of aromatic nitrogens is 2. The van der Waals surface area contributed by atoms with Crippen molar-refractivity contribution in [3.8, 4) is 0 Å². The van der Waals surface area contributed by atoms with Gasteiger partial charge in [0, 0.05) is 11.7 Å². The summed E-state index contributed by atoms with van der Waals surface area (Å²) in [6, 6.07) is 4.98. The van der Waals surface area contributed by atoms with Crippen molar-refractivity contribution in [2.75, 3.05) is 0 Å². The van der Waals surface area contributed by atoms with Crippen molar-refractivity contribution >= 4 is 0 Å². The Morgan fingerprint density at radius 3 is 2.65 bits per heavy atom. The second-order valence-electron chi connectivity index (χ2n) is 5.56. The first-order valence-electron chi connectivity index (χ1n) is 6.92. The number of rotatable bonds is 4. The Kier molecular flexibility index (Phi) is 4.23. The van der Waals surface area contributed by atoms with Crippen LogP contribution in [0.15, 0.2) is 18.2 Å². The summed E-state index contributed by atoms with van der Waals surface area (Å²) in [4.78, 5) is 0. The summed E-state index contributed by atoms with van der Waals surface area (Å²) in [6.45, 7) is 8.62. The first-order valence-corrected chi connectivity index (χ1v) is 6.92. The van der Waals surface area contributed by atoms with Gasteiger partial charge in [0.2, 0.25) is 0 Å². The van der Waals surface area contributed by atoms with Gasteiger partial charge >= 0.3 is 0 Å². The van der Waals surface area contributed by atoms with Crippen molar-refractivity contribution in [2.24, 2.45) is 5.73 Å². The Labute approximate surface area is 119 Å². The van der Waals surface area contributed by atoms with Crippen LogP contribution in [0.25, 0.3) is 0 Å². The minimum atomic E-state index is -0.206. The summed E-state index contributed by atoms with van der Waals surface area (Å²) in [5.74, 6) is -0.206. The molecule has 0 aliphatic heterocycles. The zero-order chi connectivity index (χ0) is 14.9. The van der Waals surface area contributed by atoms with Crippen LogP contribution in [-0.4, -0.2) is 15.8 Å². The van der Waals surface area contributed by atoms with Crippen molar-refractivity contribution in [3.63, 3.8) is 0 Å². The lowest BCUT2D eigenvalue weighted by atomic mass is 10.1. The first kappa shape index (κ1) is 14.7. The minimum absolute atomic E-state index is 0.112. The molecule has 0 bridgehead atoms. The molecule has 3 nitrogen and oxygen atoms in total. The molecular formula is C16H22FN3. The molecule has 0 aliphatic rings. The molecule has 1 atom stereocenters. The fourth-order valence-corrected chi connectivity index (χ4v) is 2.48. The molecule has 20 heavy (non-hydrogen) atoms. The maximum absolute atomic E-state index is 13.4. The lowest BCUT2D eigenvalue weighted by molar-refractivity contribution is 0.613. The highest BCUT2D eigenvalue weighted by Crippen LogP contribution is 2.18. The number of hydrogen-bond acceptors (Lipinski definition) is 2. The molecule has 2 rings (SSSR count). The second-order valence-corrected chi connectivity index (χ2v) is 5.56. The summed E-state index contributed by atoms with van der Waals surface area (Å²) < 4.78 is 15.3. The zero-order valence-corrected chi connectivity index (χ0v) is 12.6. The fraction of sp³-hybridized carbons (Fsp3) is 0.438. The van der Waals surface area contributed by atoms with Gasteiger partial charge < -0.3 is 5.73 Å². The molecule has 1 unspecified atom stereocenters. The Morgan fingerprint density at radius 2 is 2.00 bits per heavy atom. The van der Waals surface area contributed by atoms with Gasteiger partial charge in [-0.2, -0.15) is 5.10 Å². The molecule has 0 aliphatic carbocycles. The Bertz CT molecular complexity index is 614. The third kappa shape index (κ3) is 3.07. The zero-order valence-electron chi connectivity index (χ0n) is 12.6. The Balaban J connectivity index is 2.32. The van der Waals surface area contributed by atoms with Crippen LogP contribution in [0.4, 0.5) is 4.39 Å². The van der Waals surface area contributed by atoms with Crippen LogP contribution in [0.3, 0.4) is 0 Å². The monoisotopic (exact) mass is 275 g/mol. The van der Waals surface area contributed by atoms with Crippen LogP contribution in [-0.2, 0) is 13.0 Å². The number of aryl methyl sites for hydroxylation is 2. The average molecular weight is 275 g/mol. The average Bonchev–Trinajstić information content (AvgIpc) is 2.61. The van der Waals surface area contributed by atoms with Crippen LogP contribution >= 0.6 is 0 Å². The number of nitrogens with zero attached hydrogens (tertiary/aromatic N) is 2. The highest BCUT2D eigenvalue weighted by molar-refractivity contribution is 5.30. The molecular weight excluding hydrogens is 253 g/mol. The summed E-state index contributed by atoms with van der Waals surface area (Å²) in [5.41, 5.74) is 11.2. The predicted octanol–water partition coefficient (Wildman–Crippen LogP) is 2.89. The van der Waals surface area contributed by atoms with E-state index in [2.05, 4.69) is 5.10 Å². The van der Waals surface area contributed by atoms with Crippen LogP contribution in [0.5, 0.6) is 0 Å². The number of nitrogens with two attached hydrogens (primary N) is 1. The number of halogens is 1. The van der Waals surface area contributed by atoms with Gasteiger partial charge in [0.25, 0.3) is 0 Å². The van der Waals surface area contributed by atoms with Gasteiger partial charge in [-0.15, -0.1) is 0 Å². The van der Waals surface area contributed by atoms with Crippen LogP contribution in [0.1, 0.15) is 35.0 Å². The van der Waals surface area contributed by atoms with E-state index in [1.54, 1.807) is 12.1 Å². The second kappa shape index (κ2) is 5.75. The van der Waals surface area contributed by atoms with Crippen molar-refractivity contribution < 1.29 is 4.39 Å². The van der Waals surface area contributed by atoms with E-state index in [-0.39, 0.29) is 11.9 Å². The molecule has 1 aromatic carbocycles. The van der Waals surface area contributed by atoms with Gasteiger partial charge in [-0.25, -0.2) is 4.39 Å². The molecule has 0 amide bonds. The molecule has 1 aromatic heterocycles. The number of benzene rings is 1. The summed E-state index contributed by atoms with van der Waals surface area (Å²) >= 11 is 0. The lowest BCUT2D eigenvalue weighted by Gasteiger charge is -2.09. The van der Waals surface area contributed by atoms with E-state index < -0.39 is 0 Å². The van der Waals surface area contributed by atoms with Gasteiger partial charge in [-0.1, -0.05) is 6.07 Å². The molecule has 0 fully saturated rings. The molecule has 0 radical (unpaired) electrons. The first-order chi connectivity index (χ1) is 9.38. The third-order valence-corrected chi connectivity index (χ3v) is 3.69. The quantitative estimate of drug-likeness (QED) is 0.932. The molecule has 0 spiro atoms. The molecule has 2 aromatic rings. The largest absolute Gasteiger partial charge is 0.328 e. The lowest BCUT2D eigenvalue weighted by Crippen LogP contribution is -2.18. The topological polar surface area (TPSA) is 43.8 Å². The molecule has 2 N–H and O–H groups in total. The van der Waals surface area contributed by atoms with Crippen molar-refractivity contribution in [3.05, 3.63) is 52.1 Å². The third-order valence-electron chi connectivity index (χ3n) is 3.69. The van der Waals surface area contributed by atoms with E-state index in [4.69, 9.17) is 5.73 Å². The summed E-state index contributed by atoms with van der Waals surface area (Å²) in [7, 11) is 0. The van der Waals surface area contributed by atoms with Gasteiger partial charge in [0.05, 0.1) is 12.2 Å². The number of hydrogen-bond donors (Lipinski definition) is 1. The van der Waals surface area contributed by atoms with E-state index in [0.717, 1.165) is 28.9 Å². The maximum atomic E-state index is 13.4. The van der Waals surface area contributed by atoms with Crippen LogP contribution < -0.4 is 5.73 Å². The maximum Gasteiger partial charge on any atom is 0.123 e. The van der Waals surface area contributed by atoms with Crippen molar-refractivity contribution in [1.82, 2.24) is 9.78 Å². The Hall–Kier alpha value is -1.68. The smallest absolute Gasteiger partial charge is 0.123 e. The normalized spacial score (nSPS) is 12.7. The van der Waals surface area contributed by atoms with Crippen LogP contribution in [0.2, 0.25) is 0 Å². The molecule has 0 saturated heterocycles. The van der Waals surface area contributed by atoms with E-state index in [1.165, 1.54) is 11.6 Å². The van der Waals surface area contributed by atoms with Crippen molar-refractivity contribution in [2.45, 2.75) is 46.7 Å². The van der Waals surface area contributed by atoms with E-state index >= 15 is 0 Å². The molecule has 4 heteroatoms. The minimum Gasteiger partial charge on any atom is -0.328 e. The molecule has 0 saturated carbocycles. The summed E-state index contributed by atoms with van der Waals surface area (Å²) in [6.07, 6.45) is 0.819. The summed E-state index contributed by atoms with van der Waals surface area (Å²) in [5, 5.41) is 4.57. The standard InChI is InChI=1S/C16H22FN3/c1-10-5-6-15(17)8-14(10)9-20-13(4)16(7-11(2)18)12(3)19-20/h5-6,8,11H,7,9,18H2,1-4H3. The SMILES string of the molecule is Cc1ccc(F)cc1Cn1nc(C)c(CC(C)N)c1C. The van der Waals surface area contributed by atoms with Gasteiger partial charge in [0.15, 0.2) is 0 Å². The Morgan fingerprint density at radius 1 is 1.30 bits per heavy atom. The predicted molar refractivity (Wildman–Crippen MR) is 79.3 cm³/mol. The van der Waals surface area contributed by atoms with E-state index in [9.17, 15) is 4.39 Å². The van der Waals surface area contributed by atoms with Gasteiger partial charge in [-0.05, 0) is 62.9 Å². The van der Waals surface area contributed by atoms with Gasteiger partial charge in [0.1, 0.15) is 5.82 Å². The molecule has 108 valence electrons. The molecule has 1 heterocycles. The highest BCUT2D eigenvalue weighted by atomic mass is 19.1. The van der Waals surface area contributed by atoms with Crippen molar-refractivity contribution in [1.29, 1.82) is 0 Å². The fourth-order valence-electron chi connectivity index (χ4n) is 2.48. The van der Waals surface area contributed by atoms with E-state index in [0.29, 0.717) is 6.54 Å².